The van der Waals surface area contributed by atoms with E-state index in [9.17, 15) is 0 Å². The van der Waals surface area contributed by atoms with Gasteiger partial charge in [0.05, 0.1) is 0 Å². The summed E-state index contributed by atoms with van der Waals surface area (Å²) in [5.41, 5.74) is 37.7. The maximum atomic E-state index is 2.55. The van der Waals surface area contributed by atoms with Crippen LogP contribution in [0.4, 0.5) is 0 Å². The smallest absolute Gasteiger partial charge is 0.0159 e. The van der Waals surface area contributed by atoms with E-state index in [4.69, 9.17) is 0 Å². The van der Waals surface area contributed by atoms with Crippen LogP contribution in [0.15, 0.2) is 206 Å². The van der Waals surface area contributed by atoms with Crippen LogP contribution in [0, 0.1) is 0 Å². The zero-order valence-corrected chi connectivity index (χ0v) is 42.6. The monoisotopic (exact) mass is 958 g/mol. The molecule has 0 aliphatic heterocycles. The summed E-state index contributed by atoms with van der Waals surface area (Å²) in [7, 11) is 0. The molecule has 0 heterocycles. The lowest BCUT2D eigenvalue weighted by Gasteiger charge is -2.23. The van der Waals surface area contributed by atoms with Gasteiger partial charge in [0.1, 0.15) is 0 Å². The van der Waals surface area contributed by atoms with Gasteiger partial charge in [0.2, 0.25) is 0 Å². The van der Waals surface area contributed by atoms with Gasteiger partial charge in [0.25, 0.3) is 0 Å². The Bertz CT molecular complexity index is 4700. The van der Waals surface area contributed by atoms with Gasteiger partial charge in [-0.2, -0.15) is 0 Å². The third-order valence-corrected chi connectivity index (χ3v) is 19.6. The SMILES string of the molecule is CC1(C)c2cc3c(cc2-c2cc4c(cc21)-c1ccc(-c2cccc(-c5ccc6c7c(cccc57)-c5cc7c(cc5-6)C(C)(C)c5cc6c(cc5-7)-c5cccc7cccc-6c57)c2)c2cccc-4c12)-c1cccc2cccc-3c12. The minimum absolute atomic E-state index is 0.134. The lowest BCUT2D eigenvalue weighted by Crippen LogP contribution is -2.15. The van der Waals surface area contributed by atoms with E-state index < -0.39 is 0 Å². The second-order valence-electron chi connectivity index (χ2n) is 23.8. The fourth-order valence-corrected chi connectivity index (χ4v) is 16.1. The minimum atomic E-state index is -0.134. The van der Waals surface area contributed by atoms with Crippen LogP contribution in [0.1, 0.15) is 49.9 Å². The van der Waals surface area contributed by atoms with Gasteiger partial charge in [-0.25, -0.2) is 0 Å². The topological polar surface area (TPSA) is 0 Å². The van der Waals surface area contributed by atoms with Crippen molar-refractivity contribution in [3.8, 4) is 134 Å². The Kier molecular flexibility index (Phi) is 7.01. The number of hydrogen-bond donors (Lipinski definition) is 0. The molecule has 0 saturated carbocycles. The van der Waals surface area contributed by atoms with Gasteiger partial charge in [0.15, 0.2) is 0 Å². The summed E-state index contributed by atoms with van der Waals surface area (Å²) in [5, 5.41) is 10.8. The van der Waals surface area contributed by atoms with E-state index in [0.717, 1.165) is 0 Å². The minimum Gasteiger partial charge on any atom is -0.0610 e. The summed E-state index contributed by atoms with van der Waals surface area (Å²) < 4.78 is 0. The van der Waals surface area contributed by atoms with E-state index in [-0.39, 0.29) is 10.8 Å². The molecule has 0 aromatic heterocycles. The molecule has 0 spiro atoms. The lowest BCUT2D eigenvalue weighted by molar-refractivity contribution is 0.661. The largest absolute Gasteiger partial charge is 0.0610 e. The third-order valence-electron chi connectivity index (χ3n) is 19.6. The molecule has 13 aromatic rings. The van der Waals surface area contributed by atoms with E-state index in [1.54, 1.807) is 0 Å². The highest BCUT2D eigenvalue weighted by atomic mass is 14.4. The third kappa shape index (κ3) is 4.64. The van der Waals surface area contributed by atoms with Crippen molar-refractivity contribution in [2.75, 3.05) is 0 Å². The Morgan fingerprint density at radius 1 is 0.197 bits per heavy atom. The Morgan fingerprint density at radius 2 is 0.461 bits per heavy atom. The maximum Gasteiger partial charge on any atom is 0.0159 e. The predicted octanol–water partition coefficient (Wildman–Crippen LogP) is 20.8. The molecule has 13 aromatic carbocycles. The molecule has 0 bridgehead atoms. The number of benzene rings is 13. The van der Waals surface area contributed by atoms with Crippen molar-refractivity contribution in [2.45, 2.75) is 38.5 Å². The second-order valence-corrected chi connectivity index (χ2v) is 23.8. The number of rotatable bonds is 2. The van der Waals surface area contributed by atoms with Gasteiger partial charge in [-0.05, 0) is 253 Å². The quantitative estimate of drug-likeness (QED) is 0.162. The van der Waals surface area contributed by atoms with Crippen LogP contribution in [0.3, 0.4) is 0 Å². The van der Waals surface area contributed by atoms with Crippen LogP contribution < -0.4 is 0 Å². The van der Waals surface area contributed by atoms with Gasteiger partial charge < -0.3 is 0 Å². The normalized spacial score (nSPS) is 14.8. The molecule has 0 fully saturated rings. The van der Waals surface area contributed by atoms with Crippen LogP contribution in [-0.4, -0.2) is 0 Å². The molecule has 0 heteroatoms. The molecule has 0 radical (unpaired) electrons. The van der Waals surface area contributed by atoms with Gasteiger partial charge in [0, 0.05) is 10.8 Å². The Hall–Kier alpha value is -9.10. The van der Waals surface area contributed by atoms with Crippen molar-refractivity contribution in [2.24, 2.45) is 0 Å². The van der Waals surface area contributed by atoms with E-state index in [2.05, 4.69) is 234 Å². The Labute approximate surface area is 441 Å². The lowest BCUT2D eigenvalue weighted by atomic mass is 9.80. The van der Waals surface area contributed by atoms with Crippen LogP contribution in [-0.2, 0) is 10.8 Å². The fourth-order valence-electron chi connectivity index (χ4n) is 16.1. The molecule has 6 aliphatic carbocycles. The molecule has 0 unspecified atom stereocenters. The van der Waals surface area contributed by atoms with Gasteiger partial charge in [-0.1, -0.05) is 179 Å². The van der Waals surface area contributed by atoms with E-state index >= 15 is 0 Å². The standard InChI is InChI=1S/C76H46/c1-75(2)67-35-59-49-20-8-14-39-12-6-18-47(71(39)49)55(59)31-63(67)65-33-57-51-24-10-22-45-43(26-28-53(73(45)51)61(57)37-69(65)75)41-16-5-17-42(30-41)44-27-29-54-62-38-70-66(34-58(62)52-25-11-23-46(44)74(52)54)64-32-56-48-19-7-13-40-15-9-21-50(72(40)48)60(56)36-68(64)76(70,3)4/h5-38H,1-4H3. The highest BCUT2D eigenvalue weighted by Gasteiger charge is 2.42. The van der Waals surface area contributed by atoms with E-state index in [1.807, 2.05) is 0 Å². The van der Waals surface area contributed by atoms with E-state index in [0.29, 0.717) is 0 Å². The molecule has 0 N–H and O–H groups in total. The van der Waals surface area contributed by atoms with Gasteiger partial charge >= 0.3 is 0 Å². The molecule has 19 rings (SSSR count). The highest BCUT2D eigenvalue weighted by molar-refractivity contribution is 6.23. The Morgan fingerprint density at radius 3 is 0.803 bits per heavy atom. The van der Waals surface area contributed by atoms with Gasteiger partial charge in [-0.3, -0.25) is 0 Å². The average Bonchev–Trinajstić information content (AvgIpc) is 4.44. The molecule has 0 nitrogen and oxygen atoms in total. The van der Waals surface area contributed by atoms with Crippen molar-refractivity contribution in [3.05, 3.63) is 229 Å². The van der Waals surface area contributed by atoms with Crippen LogP contribution in [0.5, 0.6) is 0 Å². The molecule has 0 saturated heterocycles. The predicted molar refractivity (Wildman–Crippen MR) is 320 cm³/mol. The van der Waals surface area contributed by atoms with Crippen molar-refractivity contribution in [1.29, 1.82) is 0 Å². The van der Waals surface area contributed by atoms with Crippen LogP contribution in [0.2, 0.25) is 0 Å². The summed E-state index contributed by atoms with van der Waals surface area (Å²) in [6.45, 7) is 9.73. The first kappa shape index (κ1) is 40.3. The van der Waals surface area contributed by atoms with Crippen molar-refractivity contribution in [3.63, 3.8) is 0 Å². The fraction of sp³-hybridized carbons (Fsp3) is 0.0789. The zero-order valence-electron chi connectivity index (χ0n) is 42.6. The molecule has 0 amide bonds. The first-order valence-corrected chi connectivity index (χ1v) is 27.2. The average molecular weight is 959 g/mol. The highest BCUT2D eigenvalue weighted by Crippen LogP contribution is 2.62. The molecule has 6 aliphatic rings. The van der Waals surface area contributed by atoms with E-state index in [1.165, 1.54) is 199 Å². The Balaban J connectivity index is 0.710. The van der Waals surface area contributed by atoms with Gasteiger partial charge in [-0.15, -0.1) is 0 Å². The summed E-state index contributed by atoms with van der Waals surface area (Å²) in [6.07, 6.45) is 0. The first-order chi connectivity index (χ1) is 37.2. The molecule has 0 atom stereocenters. The number of fused-ring (bicyclic) bond motifs is 18. The second kappa shape index (κ2) is 13.2. The molecule has 350 valence electrons. The summed E-state index contributed by atoms with van der Waals surface area (Å²) in [5.74, 6) is 0. The van der Waals surface area contributed by atoms with Crippen molar-refractivity contribution < 1.29 is 0 Å². The van der Waals surface area contributed by atoms with Crippen molar-refractivity contribution >= 4 is 43.1 Å². The summed E-state index contributed by atoms with van der Waals surface area (Å²) in [6, 6.07) is 80.3. The first-order valence-electron chi connectivity index (χ1n) is 27.2. The maximum absolute atomic E-state index is 2.55. The van der Waals surface area contributed by atoms with Crippen LogP contribution in [0.25, 0.3) is 177 Å². The number of hydrogen-bond acceptors (Lipinski definition) is 0. The van der Waals surface area contributed by atoms with Crippen LogP contribution >= 0.6 is 0 Å². The molecular formula is C76H46. The molecular weight excluding hydrogens is 913 g/mol. The summed E-state index contributed by atoms with van der Waals surface area (Å²) >= 11 is 0. The molecule has 76 heavy (non-hydrogen) atoms. The summed E-state index contributed by atoms with van der Waals surface area (Å²) in [4.78, 5) is 0. The zero-order chi connectivity index (χ0) is 49.8. The van der Waals surface area contributed by atoms with Crippen molar-refractivity contribution in [1.82, 2.24) is 0 Å².